The predicted molar refractivity (Wildman–Crippen MR) is 99.1 cm³/mol. The lowest BCUT2D eigenvalue weighted by Crippen LogP contribution is -2.33. The van der Waals surface area contributed by atoms with Crippen molar-refractivity contribution in [3.63, 3.8) is 0 Å². The highest BCUT2D eigenvalue weighted by atomic mass is 32.2. The third-order valence-electron chi connectivity index (χ3n) is 4.67. The van der Waals surface area contributed by atoms with Crippen LogP contribution in [0.1, 0.15) is 36.5 Å². The lowest BCUT2D eigenvalue weighted by molar-refractivity contribution is 0.0789. The molecule has 0 spiro atoms. The molecule has 1 saturated heterocycles. The molecule has 1 N–H and O–H groups in total. The molecular weight excluding hydrogens is 338 g/mol. The molecule has 140 valence electrons. The van der Waals surface area contributed by atoms with Crippen LogP contribution in [0.15, 0.2) is 29.2 Å². The van der Waals surface area contributed by atoms with Gasteiger partial charge in [-0.15, -0.1) is 0 Å². The smallest absolute Gasteiger partial charge is 0.254 e. The van der Waals surface area contributed by atoms with E-state index in [9.17, 15) is 13.2 Å². The second kappa shape index (κ2) is 8.78. The molecule has 1 aromatic rings. The minimum Gasteiger partial charge on any atom is -0.342 e. The number of amides is 1. The van der Waals surface area contributed by atoms with Crippen molar-refractivity contribution in [2.45, 2.75) is 31.1 Å². The Balaban J connectivity index is 2.26. The molecule has 1 fully saturated rings. The van der Waals surface area contributed by atoms with Crippen molar-refractivity contribution in [1.29, 1.82) is 0 Å². The first-order valence-electron chi connectivity index (χ1n) is 8.91. The van der Waals surface area contributed by atoms with Crippen LogP contribution in [-0.2, 0) is 10.0 Å². The van der Waals surface area contributed by atoms with Crippen LogP contribution in [0.2, 0.25) is 0 Å². The quantitative estimate of drug-likeness (QED) is 0.760. The molecule has 0 bridgehead atoms. The van der Waals surface area contributed by atoms with Gasteiger partial charge in [-0.05, 0) is 44.5 Å². The van der Waals surface area contributed by atoms with Gasteiger partial charge in [0.15, 0.2) is 0 Å². The Hall–Kier alpha value is -1.44. The fraction of sp³-hybridized carbons (Fsp3) is 0.611. The molecule has 1 aromatic carbocycles. The maximum Gasteiger partial charge on any atom is 0.254 e. The summed E-state index contributed by atoms with van der Waals surface area (Å²) >= 11 is 0. The summed E-state index contributed by atoms with van der Waals surface area (Å²) in [5.74, 6) is 0.0773. The Morgan fingerprint density at radius 3 is 2.76 bits per heavy atom. The van der Waals surface area contributed by atoms with Crippen molar-refractivity contribution in [2.24, 2.45) is 5.92 Å². The number of hydrogen-bond acceptors (Lipinski definition) is 4. The van der Waals surface area contributed by atoms with Crippen LogP contribution in [0.4, 0.5) is 0 Å². The molecule has 0 aliphatic carbocycles. The Morgan fingerprint density at radius 1 is 1.36 bits per heavy atom. The lowest BCUT2D eigenvalue weighted by atomic mass is 10.1. The van der Waals surface area contributed by atoms with E-state index in [2.05, 4.69) is 12.2 Å². The van der Waals surface area contributed by atoms with E-state index >= 15 is 0 Å². The summed E-state index contributed by atoms with van der Waals surface area (Å²) in [6.45, 7) is 4.48. The van der Waals surface area contributed by atoms with Gasteiger partial charge in [0.2, 0.25) is 10.0 Å². The summed E-state index contributed by atoms with van der Waals surface area (Å²) < 4.78 is 27.7. The Morgan fingerprint density at radius 2 is 2.08 bits per heavy atom. The van der Waals surface area contributed by atoms with Crippen molar-refractivity contribution < 1.29 is 13.2 Å². The van der Waals surface area contributed by atoms with Crippen LogP contribution in [-0.4, -0.2) is 63.8 Å². The van der Waals surface area contributed by atoms with E-state index in [1.165, 1.54) is 4.31 Å². The van der Waals surface area contributed by atoms with Crippen molar-refractivity contribution in [3.05, 3.63) is 29.8 Å². The van der Waals surface area contributed by atoms with Gasteiger partial charge in [0.1, 0.15) is 0 Å². The molecule has 0 aromatic heterocycles. The van der Waals surface area contributed by atoms with Gasteiger partial charge in [0.05, 0.1) is 10.5 Å². The Bertz CT molecular complexity index is 691. The van der Waals surface area contributed by atoms with E-state index in [0.717, 1.165) is 25.8 Å². The maximum atomic E-state index is 13.1. The van der Waals surface area contributed by atoms with Gasteiger partial charge in [-0.1, -0.05) is 25.5 Å². The molecule has 6 nitrogen and oxygen atoms in total. The van der Waals surface area contributed by atoms with Gasteiger partial charge in [-0.25, -0.2) is 8.42 Å². The van der Waals surface area contributed by atoms with Crippen LogP contribution in [0, 0.1) is 5.92 Å². The third-order valence-corrected chi connectivity index (χ3v) is 6.59. The maximum absolute atomic E-state index is 13.1. The zero-order valence-corrected chi connectivity index (χ0v) is 16.2. The van der Waals surface area contributed by atoms with Crippen molar-refractivity contribution >= 4 is 15.9 Å². The minimum atomic E-state index is -3.66. The van der Waals surface area contributed by atoms with Crippen LogP contribution in [0.25, 0.3) is 0 Å². The zero-order chi connectivity index (χ0) is 18.4. The van der Waals surface area contributed by atoms with Crippen LogP contribution >= 0.6 is 0 Å². The van der Waals surface area contributed by atoms with E-state index < -0.39 is 10.0 Å². The SMILES string of the molecule is CCCCN(C)C(=O)c1ccccc1S(=O)(=O)N1CCC(CNC)C1. The molecule has 1 unspecified atom stereocenters. The summed E-state index contributed by atoms with van der Waals surface area (Å²) in [5, 5.41) is 3.10. The van der Waals surface area contributed by atoms with E-state index in [4.69, 9.17) is 0 Å². The molecule has 25 heavy (non-hydrogen) atoms. The minimum absolute atomic E-state index is 0.119. The first-order valence-corrected chi connectivity index (χ1v) is 10.3. The van der Waals surface area contributed by atoms with Crippen LogP contribution in [0.5, 0.6) is 0 Å². The molecule has 0 radical (unpaired) electrons. The van der Waals surface area contributed by atoms with Gasteiger partial charge in [-0.3, -0.25) is 4.79 Å². The number of sulfonamides is 1. The van der Waals surface area contributed by atoms with E-state index in [1.54, 1.807) is 36.2 Å². The summed E-state index contributed by atoms with van der Waals surface area (Å²) in [5.41, 5.74) is 0.262. The number of rotatable bonds is 8. The normalized spacial score (nSPS) is 18.4. The van der Waals surface area contributed by atoms with Gasteiger partial charge >= 0.3 is 0 Å². The first-order chi connectivity index (χ1) is 11.9. The number of carbonyl (C=O) groups excluding carboxylic acids is 1. The lowest BCUT2D eigenvalue weighted by Gasteiger charge is -2.21. The molecular formula is C18H29N3O3S. The monoisotopic (exact) mass is 367 g/mol. The average Bonchev–Trinajstić information content (AvgIpc) is 3.09. The predicted octanol–water partition coefficient (Wildman–Crippen LogP) is 1.79. The second-order valence-corrected chi connectivity index (χ2v) is 8.56. The number of nitrogens with one attached hydrogen (secondary N) is 1. The number of benzene rings is 1. The van der Waals surface area contributed by atoms with Crippen LogP contribution < -0.4 is 5.32 Å². The highest BCUT2D eigenvalue weighted by Gasteiger charge is 2.34. The molecule has 1 atom stereocenters. The molecule has 1 heterocycles. The van der Waals surface area contributed by atoms with Crippen LogP contribution in [0.3, 0.4) is 0 Å². The standard InChI is InChI=1S/C18H29N3O3S/c1-4-5-11-20(3)18(22)16-8-6-7-9-17(16)25(23,24)21-12-10-15(14-21)13-19-2/h6-9,15,19H,4-5,10-14H2,1-3H3. The topological polar surface area (TPSA) is 69.7 Å². The molecule has 2 rings (SSSR count). The number of unbranched alkanes of at least 4 members (excludes halogenated alkanes) is 1. The summed E-state index contributed by atoms with van der Waals surface area (Å²) in [6, 6.07) is 6.55. The van der Waals surface area contributed by atoms with Crippen molar-refractivity contribution in [2.75, 3.05) is 40.3 Å². The van der Waals surface area contributed by atoms with Gasteiger partial charge < -0.3 is 10.2 Å². The number of carbonyl (C=O) groups is 1. The zero-order valence-electron chi connectivity index (χ0n) is 15.4. The third kappa shape index (κ3) is 4.59. The van der Waals surface area contributed by atoms with E-state index in [0.29, 0.717) is 25.6 Å². The molecule has 1 aliphatic rings. The largest absolute Gasteiger partial charge is 0.342 e. The average molecular weight is 368 g/mol. The fourth-order valence-corrected chi connectivity index (χ4v) is 4.90. The van der Waals surface area contributed by atoms with Gasteiger partial charge in [0.25, 0.3) is 5.91 Å². The molecule has 0 saturated carbocycles. The Kier molecular flexibility index (Phi) is 6.98. The van der Waals surface area contributed by atoms with E-state index in [1.807, 2.05) is 7.05 Å². The number of hydrogen-bond donors (Lipinski definition) is 1. The summed E-state index contributed by atoms with van der Waals surface area (Å²) in [6.07, 6.45) is 2.72. The Labute approximate surface area is 151 Å². The summed E-state index contributed by atoms with van der Waals surface area (Å²) in [4.78, 5) is 14.5. The summed E-state index contributed by atoms with van der Waals surface area (Å²) in [7, 11) is -0.0669. The first kappa shape index (κ1) is 19.9. The van der Waals surface area contributed by atoms with E-state index in [-0.39, 0.29) is 16.4 Å². The highest BCUT2D eigenvalue weighted by molar-refractivity contribution is 7.89. The molecule has 7 heteroatoms. The second-order valence-electron chi connectivity index (χ2n) is 6.65. The van der Waals surface area contributed by atoms with Crippen molar-refractivity contribution in [3.8, 4) is 0 Å². The number of nitrogens with zero attached hydrogens (tertiary/aromatic N) is 2. The van der Waals surface area contributed by atoms with Gasteiger partial charge in [0, 0.05) is 26.7 Å². The highest BCUT2D eigenvalue weighted by Crippen LogP contribution is 2.26. The molecule has 1 aliphatic heterocycles. The van der Waals surface area contributed by atoms with Crippen molar-refractivity contribution in [1.82, 2.24) is 14.5 Å². The van der Waals surface area contributed by atoms with Gasteiger partial charge in [-0.2, -0.15) is 4.31 Å². The molecule has 1 amide bonds. The fourth-order valence-electron chi connectivity index (χ4n) is 3.18.